The minimum atomic E-state index is -2.04. The summed E-state index contributed by atoms with van der Waals surface area (Å²) in [4.78, 5) is 0. The van der Waals surface area contributed by atoms with E-state index in [1.165, 1.54) is 6.66 Å². The Morgan fingerprint density at radius 2 is 1.00 bits per heavy atom. The van der Waals surface area contributed by atoms with Crippen LogP contribution in [0.3, 0.4) is 0 Å². The van der Waals surface area contributed by atoms with Crippen molar-refractivity contribution in [3.8, 4) is 0 Å². The summed E-state index contributed by atoms with van der Waals surface area (Å²) in [5.41, 5.74) is 4.80. The molecule has 8 atom stereocenters. The molecule has 1 aliphatic heterocycles. The molecular formula is C46H52O10P+. The first-order chi connectivity index (χ1) is 28.1. The lowest BCUT2D eigenvalue weighted by atomic mass is 10.1. The highest BCUT2D eigenvalue weighted by Gasteiger charge is 2.51. The molecule has 1 heterocycles. The van der Waals surface area contributed by atoms with Gasteiger partial charge < -0.3 is 38.3 Å². The fraction of sp³-hybridized carbons (Fsp3) is 0.348. The van der Waals surface area contributed by atoms with E-state index < -0.39 is 50.9 Å². The van der Waals surface area contributed by atoms with Crippen molar-refractivity contribution >= 4 is 8.03 Å². The van der Waals surface area contributed by atoms with Crippen molar-refractivity contribution in [2.75, 3.05) is 26.5 Å². The van der Waals surface area contributed by atoms with Gasteiger partial charge in [0.05, 0.1) is 52.9 Å². The van der Waals surface area contributed by atoms with Crippen LogP contribution >= 0.6 is 8.03 Å². The first-order valence-corrected chi connectivity index (χ1v) is 20.9. The molecule has 0 amide bonds. The highest BCUT2D eigenvalue weighted by atomic mass is 31.1. The summed E-state index contributed by atoms with van der Waals surface area (Å²) in [6.45, 7) is 2.62. The van der Waals surface area contributed by atoms with Crippen molar-refractivity contribution in [1.29, 1.82) is 0 Å². The van der Waals surface area contributed by atoms with Crippen LogP contribution in [0.15, 0.2) is 152 Å². The molecule has 0 radical (unpaired) electrons. The van der Waals surface area contributed by atoms with Gasteiger partial charge in [-0.1, -0.05) is 152 Å². The number of hydrogen-bond donors (Lipinski definition) is 1. The molecule has 0 aromatic heterocycles. The molecule has 5 aromatic carbocycles. The zero-order chi connectivity index (χ0) is 39.5. The standard InChI is InChI=1S/C46H52O10P/c1-57(48)56-44-42(33-49-28-35-17-7-2-8-18-35)55-46(45(44)53-32-39-25-15-6-16-26-39)54-34-41(51-30-37-21-11-4-12-22-37)43(52-31-38-23-13-5-14-24-38)40(27-47)50-29-36-19-9-3-10-20-36/h2-26,40-47H,27-34H2,1H3/q+1/t40?,41?,42-,43?,44+,45?,46-/m1/s1. The molecule has 10 nitrogen and oxygen atoms in total. The Morgan fingerprint density at radius 3 is 1.47 bits per heavy atom. The Kier molecular flexibility index (Phi) is 17.3. The SMILES string of the molecule is C[P+](=O)O[C@@H]1C(OCc2ccccc2)[C@H](OCC(OCc2ccccc2)C(OCc2ccccc2)C(CO)OCc2ccccc2)O[C@@H]1COCc1ccccc1. The summed E-state index contributed by atoms with van der Waals surface area (Å²) in [7, 11) is -2.04. The maximum Gasteiger partial charge on any atom is 0.505 e. The number of ether oxygens (including phenoxy) is 7. The van der Waals surface area contributed by atoms with E-state index >= 15 is 0 Å². The molecule has 0 saturated carbocycles. The maximum absolute atomic E-state index is 12.7. The lowest BCUT2D eigenvalue weighted by Gasteiger charge is -2.34. The third-order valence-electron chi connectivity index (χ3n) is 9.45. The number of aliphatic hydroxyl groups is 1. The Bertz CT molecular complexity index is 1840. The van der Waals surface area contributed by atoms with Gasteiger partial charge in [0.1, 0.15) is 30.5 Å². The molecule has 1 fully saturated rings. The average molecular weight is 796 g/mol. The molecule has 1 N–H and O–H groups in total. The van der Waals surface area contributed by atoms with Crippen molar-refractivity contribution in [2.24, 2.45) is 0 Å². The molecule has 0 aliphatic carbocycles. The lowest BCUT2D eigenvalue weighted by molar-refractivity contribution is -0.222. The van der Waals surface area contributed by atoms with Crippen LogP contribution in [0.25, 0.3) is 0 Å². The van der Waals surface area contributed by atoms with Crippen LogP contribution in [-0.2, 0) is 75.3 Å². The van der Waals surface area contributed by atoms with Crippen LogP contribution in [0.1, 0.15) is 27.8 Å². The van der Waals surface area contributed by atoms with Crippen molar-refractivity contribution in [3.05, 3.63) is 179 Å². The van der Waals surface area contributed by atoms with E-state index in [1.807, 2.05) is 152 Å². The van der Waals surface area contributed by atoms with Crippen LogP contribution in [0, 0.1) is 0 Å². The number of benzene rings is 5. The van der Waals surface area contributed by atoms with Crippen molar-refractivity contribution < 1.29 is 47.4 Å². The average Bonchev–Trinajstić information content (AvgIpc) is 3.57. The molecule has 11 heteroatoms. The highest BCUT2D eigenvalue weighted by molar-refractivity contribution is 7.38. The van der Waals surface area contributed by atoms with E-state index in [-0.39, 0.29) is 46.2 Å². The van der Waals surface area contributed by atoms with Gasteiger partial charge in [0, 0.05) is 0 Å². The molecule has 1 saturated heterocycles. The summed E-state index contributed by atoms with van der Waals surface area (Å²) in [5.74, 6) is 0. The minimum absolute atomic E-state index is 0.0318. The Labute approximate surface area is 336 Å². The second-order valence-electron chi connectivity index (χ2n) is 13.8. The van der Waals surface area contributed by atoms with Gasteiger partial charge in [-0.15, -0.1) is 4.52 Å². The topological polar surface area (TPSA) is 111 Å². The van der Waals surface area contributed by atoms with Gasteiger partial charge in [0.2, 0.25) is 0 Å². The fourth-order valence-electron chi connectivity index (χ4n) is 6.52. The third kappa shape index (κ3) is 13.7. The minimum Gasteiger partial charge on any atom is -0.394 e. The molecule has 1 aliphatic rings. The number of aliphatic hydroxyl groups excluding tert-OH is 1. The maximum atomic E-state index is 12.7. The van der Waals surface area contributed by atoms with Crippen molar-refractivity contribution in [1.82, 2.24) is 0 Å². The first kappa shape index (κ1) is 42.4. The molecule has 0 bridgehead atoms. The second-order valence-corrected chi connectivity index (χ2v) is 14.9. The van der Waals surface area contributed by atoms with Gasteiger partial charge in [0.15, 0.2) is 19.1 Å². The van der Waals surface area contributed by atoms with E-state index in [1.54, 1.807) is 0 Å². The van der Waals surface area contributed by atoms with Crippen LogP contribution in [0.2, 0.25) is 0 Å². The summed E-state index contributed by atoms with van der Waals surface area (Å²) < 4.78 is 64.1. The lowest BCUT2D eigenvalue weighted by Crippen LogP contribution is -2.48. The van der Waals surface area contributed by atoms with Crippen LogP contribution < -0.4 is 0 Å². The fourth-order valence-corrected chi connectivity index (χ4v) is 7.12. The Morgan fingerprint density at radius 1 is 0.561 bits per heavy atom. The number of rotatable bonds is 24. The number of hydrogen-bond acceptors (Lipinski definition) is 10. The summed E-state index contributed by atoms with van der Waals surface area (Å²) in [5, 5.41) is 10.8. The zero-order valence-corrected chi connectivity index (χ0v) is 33.1. The Balaban J connectivity index is 1.25. The van der Waals surface area contributed by atoms with Gasteiger partial charge in [-0.05, 0) is 32.4 Å². The van der Waals surface area contributed by atoms with E-state index in [2.05, 4.69) is 0 Å². The third-order valence-corrected chi connectivity index (χ3v) is 9.99. The molecule has 0 spiro atoms. The normalized spacial score (nSPS) is 19.9. The molecule has 300 valence electrons. The molecule has 6 rings (SSSR count). The Hall–Kier alpha value is -4.16. The van der Waals surface area contributed by atoms with Crippen molar-refractivity contribution in [3.63, 3.8) is 0 Å². The van der Waals surface area contributed by atoms with Crippen LogP contribution in [0.5, 0.6) is 0 Å². The van der Waals surface area contributed by atoms with Crippen LogP contribution in [-0.4, -0.2) is 74.5 Å². The smallest absolute Gasteiger partial charge is 0.394 e. The summed E-state index contributed by atoms with van der Waals surface area (Å²) in [6, 6.07) is 49.0. The largest absolute Gasteiger partial charge is 0.505 e. The second kappa shape index (κ2) is 23.3. The quantitative estimate of drug-likeness (QED) is 0.0617. The van der Waals surface area contributed by atoms with Gasteiger partial charge in [-0.25, -0.2) is 0 Å². The van der Waals surface area contributed by atoms with Gasteiger partial charge in [-0.3, -0.25) is 0 Å². The molecule has 57 heavy (non-hydrogen) atoms. The predicted octanol–water partition coefficient (Wildman–Crippen LogP) is 8.04. The highest BCUT2D eigenvalue weighted by Crippen LogP contribution is 2.35. The monoisotopic (exact) mass is 795 g/mol. The summed E-state index contributed by atoms with van der Waals surface area (Å²) >= 11 is 0. The molecular weight excluding hydrogens is 743 g/mol. The van der Waals surface area contributed by atoms with Crippen LogP contribution in [0.4, 0.5) is 0 Å². The van der Waals surface area contributed by atoms with Gasteiger partial charge >= 0.3 is 8.03 Å². The predicted molar refractivity (Wildman–Crippen MR) is 216 cm³/mol. The van der Waals surface area contributed by atoms with E-state index in [0.29, 0.717) is 6.61 Å². The van der Waals surface area contributed by atoms with E-state index in [4.69, 9.17) is 37.7 Å². The van der Waals surface area contributed by atoms with E-state index in [0.717, 1.165) is 27.8 Å². The van der Waals surface area contributed by atoms with Gasteiger partial charge in [0.25, 0.3) is 0 Å². The molecule has 5 aromatic rings. The first-order valence-electron chi connectivity index (χ1n) is 19.2. The van der Waals surface area contributed by atoms with E-state index in [9.17, 15) is 9.67 Å². The van der Waals surface area contributed by atoms with Gasteiger partial charge in [-0.2, -0.15) is 0 Å². The molecule has 5 unspecified atom stereocenters. The van der Waals surface area contributed by atoms with Crippen molar-refractivity contribution in [2.45, 2.75) is 75.9 Å². The summed E-state index contributed by atoms with van der Waals surface area (Å²) in [6.07, 6.45) is -5.49. The zero-order valence-electron chi connectivity index (χ0n) is 32.2.